The number of hydrogen-bond donors (Lipinski definition) is 0. The molecule has 27 heavy (non-hydrogen) atoms. The molecule has 3 aliphatic rings. The Hall–Kier alpha value is -1.47. The van der Waals surface area contributed by atoms with Crippen LogP contribution in [0.2, 0.25) is 0 Å². The average molecular weight is 376 g/mol. The summed E-state index contributed by atoms with van der Waals surface area (Å²) in [7, 11) is 0. The average Bonchev–Trinajstić information content (AvgIpc) is 3.40. The molecule has 3 aliphatic heterocycles. The Labute approximate surface area is 162 Å². The van der Waals surface area contributed by atoms with Gasteiger partial charge < -0.3 is 9.32 Å². The van der Waals surface area contributed by atoms with E-state index >= 15 is 0 Å². The first-order valence-electron chi connectivity index (χ1n) is 10.8. The highest BCUT2D eigenvalue weighted by Gasteiger charge is 2.34. The van der Waals surface area contributed by atoms with Crippen molar-refractivity contribution in [2.24, 2.45) is 5.92 Å². The molecule has 3 saturated heterocycles. The summed E-state index contributed by atoms with van der Waals surface area (Å²) < 4.78 is 5.65. The van der Waals surface area contributed by atoms with Gasteiger partial charge in [-0.3, -0.25) is 14.6 Å². The first-order chi connectivity index (χ1) is 13.2. The molecule has 7 nitrogen and oxygen atoms in total. The highest BCUT2D eigenvalue weighted by molar-refractivity contribution is 5.79. The van der Waals surface area contributed by atoms with E-state index in [1.54, 1.807) is 0 Å². The minimum atomic E-state index is 0.223. The molecule has 0 aromatic carbocycles. The Morgan fingerprint density at radius 3 is 2.44 bits per heavy atom. The van der Waals surface area contributed by atoms with E-state index < -0.39 is 0 Å². The second-order valence-corrected chi connectivity index (χ2v) is 8.32. The predicted molar refractivity (Wildman–Crippen MR) is 102 cm³/mol. The molecular formula is C20H33N5O2. The molecule has 3 fully saturated rings. The Morgan fingerprint density at radius 1 is 1.00 bits per heavy atom. The van der Waals surface area contributed by atoms with Crippen molar-refractivity contribution in [3.05, 3.63) is 11.8 Å². The number of hydrogen-bond acceptors (Lipinski definition) is 6. The molecule has 1 aromatic heterocycles. The van der Waals surface area contributed by atoms with Crippen LogP contribution in [0.5, 0.6) is 0 Å². The van der Waals surface area contributed by atoms with E-state index in [2.05, 4.69) is 24.9 Å². The second kappa shape index (κ2) is 8.69. The Morgan fingerprint density at radius 2 is 1.74 bits per heavy atom. The lowest BCUT2D eigenvalue weighted by Crippen LogP contribution is -2.51. The van der Waals surface area contributed by atoms with Crippen LogP contribution in [0.15, 0.2) is 4.42 Å². The molecule has 0 saturated carbocycles. The monoisotopic (exact) mass is 375 g/mol. The van der Waals surface area contributed by atoms with Crippen molar-refractivity contribution >= 4 is 5.91 Å². The first kappa shape index (κ1) is 18.9. The standard InChI is InChI=1S/C20H33N5O2/c1-2-18-21-22-19(27-18)15-23-12-7-17(8-13-23)25-11-5-6-16(14-25)20(26)24-9-3-4-10-24/h16-17H,2-15H2,1H3/t16-/m0/s1. The number of aromatic nitrogens is 2. The molecule has 0 radical (unpaired) electrons. The molecule has 7 heteroatoms. The van der Waals surface area contributed by atoms with Crippen molar-refractivity contribution in [1.29, 1.82) is 0 Å². The third-order valence-corrected chi connectivity index (χ3v) is 6.46. The van der Waals surface area contributed by atoms with Crippen molar-refractivity contribution in [1.82, 2.24) is 24.9 Å². The van der Waals surface area contributed by atoms with Crippen LogP contribution in [-0.2, 0) is 17.8 Å². The Kier molecular flexibility index (Phi) is 6.08. The van der Waals surface area contributed by atoms with Crippen LogP contribution < -0.4 is 0 Å². The van der Waals surface area contributed by atoms with Crippen molar-refractivity contribution < 1.29 is 9.21 Å². The van der Waals surface area contributed by atoms with Crippen molar-refractivity contribution in [2.75, 3.05) is 39.3 Å². The molecule has 4 heterocycles. The summed E-state index contributed by atoms with van der Waals surface area (Å²) in [5.41, 5.74) is 0. The van der Waals surface area contributed by atoms with Crippen LogP contribution in [-0.4, -0.2) is 76.1 Å². The summed E-state index contributed by atoms with van der Waals surface area (Å²) in [6.07, 6.45) is 7.72. The van der Waals surface area contributed by atoms with Crippen LogP contribution in [0.3, 0.4) is 0 Å². The number of aryl methyl sites for hydroxylation is 1. The first-order valence-corrected chi connectivity index (χ1v) is 10.8. The molecule has 0 spiro atoms. The third-order valence-electron chi connectivity index (χ3n) is 6.46. The van der Waals surface area contributed by atoms with Gasteiger partial charge in [-0.1, -0.05) is 6.92 Å². The number of amides is 1. The van der Waals surface area contributed by atoms with Gasteiger partial charge in [0, 0.05) is 45.2 Å². The summed E-state index contributed by atoms with van der Waals surface area (Å²) in [5, 5.41) is 8.20. The maximum atomic E-state index is 12.8. The van der Waals surface area contributed by atoms with E-state index in [0.29, 0.717) is 11.9 Å². The lowest BCUT2D eigenvalue weighted by molar-refractivity contribution is -0.136. The number of nitrogens with zero attached hydrogens (tertiary/aromatic N) is 5. The van der Waals surface area contributed by atoms with Gasteiger partial charge in [0.05, 0.1) is 12.5 Å². The van der Waals surface area contributed by atoms with E-state index in [1.165, 1.54) is 25.7 Å². The van der Waals surface area contributed by atoms with Crippen molar-refractivity contribution in [3.8, 4) is 0 Å². The van der Waals surface area contributed by atoms with Crippen LogP contribution in [0.4, 0.5) is 0 Å². The van der Waals surface area contributed by atoms with Gasteiger partial charge in [-0.05, 0) is 45.1 Å². The predicted octanol–water partition coefficient (Wildman–Crippen LogP) is 1.93. The summed E-state index contributed by atoms with van der Waals surface area (Å²) in [6.45, 7) is 8.98. The highest BCUT2D eigenvalue weighted by Crippen LogP contribution is 2.26. The van der Waals surface area contributed by atoms with Crippen molar-refractivity contribution in [3.63, 3.8) is 0 Å². The van der Waals surface area contributed by atoms with Gasteiger partial charge in [-0.15, -0.1) is 10.2 Å². The van der Waals surface area contributed by atoms with Crippen LogP contribution in [0, 0.1) is 5.92 Å². The largest absolute Gasteiger partial charge is 0.424 e. The number of carbonyl (C=O) groups is 1. The van der Waals surface area contributed by atoms with Gasteiger partial charge in [0.15, 0.2) is 0 Å². The Bertz CT molecular complexity index is 620. The quantitative estimate of drug-likeness (QED) is 0.784. The summed E-state index contributed by atoms with van der Waals surface area (Å²) in [5.74, 6) is 2.10. The fourth-order valence-corrected chi connectivity index (χ4v) is 4.86. The molecule has 0 unspecified atom stereocenters. The highest BCUT2D eigenvalue weighted by atomic mass is 16.4. The smallest absolute Gasteiger partial charge is 0.230 e. The molecule has 150 valence electrons. The molecular weight excluding hydrogens is 342 g/mol. The maximum Gasteiger partial charge on any atom is 0.230 e. The third kappa shape index (κ3) is 4.51. The normalized spacial score (nSPS) is 26.0. The summed E-state index contributed by atoms with van der Waals surface area (Å²) >= 11 is 0. The molecule has 4 rings (SSSR count). The molecule has 1 amide bonds. The molecule has 0 bridgehead atoms. The minimum absolute atomic E-state index is 0.223. The van der Waals surface area contributed by atoms with Crippen molar-refractivity contribution in [2.45, 2.75) is 64.5 Å². The van der Waals surface area contributed by atoms with E-state index in [1.807, 2.05) is 6.92 Å². The molecule has 0 N–H and O–H groups in total. The molecule has 0 aliphatic carbocycles. The SMILES string of the molecule is CCc1nnc(CN2CCC(N3CCC[C@H](C(=O)N4CCCC4)C3)CC2)o1. The van der Waals surface area contributed by atoms with E-state index in [-0.39, 0.29) is 5.92 Å². The van der Waals surface area contributed by atoms with Gasteiger partial charge in [0.2, 0.25) is 17.7 Å². The fourth-order valence-electron chi connectivity index (χ4n) is 4.86. The molecule has 1 atom stereocenters. The van der Waals surface area contributed by atoms with Crippen LogP contribution >= 0.6 is 0 Å². The van der Waals surface area contributed by atoms with Crippen LogP contribution in [0.1, 0.15) is 57.2 Å². The zero-order valence-corrected chi connectivity index (χ0v) is 16.6. The van der Waals surface area contributed by atoms with Gasteiger partial charge in [0.1, 0.15) is 0 Å². The number of likely N-dealkylation sites (tertiary alicyclic amines) is 3. The van der Waals surface area contributed by atoms with Gasteiger partial charge in [-0.2, -0.15) is 0 Å². The maximum absolute atomic E-state index is 12.8. The number of carbonyl (C=O) groups excluding carboxylic acids is 1. The topological polar surface area (TPSA) is 65.7 Å². The second-order valence-electron chi connectivity index (χ2n) is 8.32. The number of rotatable bonds is 5. The lowest BCUT2D eigenvalue weighted by Gasteiger charge is -2.42. The number of piperidine rings is 2. The Balaban J connectivity index is 1.25. The minimum Gasteiger partial charge on any atom is -0.424 e. The molecule has 1 aromatic rings. The van der Waals surface area contributed by atoms with E-state index in [9.17, 15) is 4.79 Å². The van der Waals surface area contributed by atoms with E-state index in [0.717, 1.165) is 76.9 Å². The van der Waals surface area contributed by atoms with Crippen LogP contribution in [0.25, 0.3) is 0 Å². The van der Waals surface area contributed by atoms with Gasteiger partial charge in [-0.25, -0.2) is 0 Å². The lowest BCUT2D eigenvalue weighted by atomic mass is 9.93. The zero-order valence-electron chi connectivity index (χ0n) is 16.6. The fraction of sp³-hybridized carbons (Fsp3) is 0.850. The zero-order chi connectivity index (χ0) is 18.6. The van der Waals surface area contributed by atoms with Gasteiger partial charge >= 0.3 is 0 Å². The van der Waals surface area contributed by atoms with Gasteiger partial charge in [0.25, 0.3) is 0 Å². The summed E-state index contributed by atoms with van der Waals surface area (Å²) in [4.78, 5) is 19.9. The summed E-state index contributed by atoms with van der Waals surface area (Å²) in [6, 6.07) is 0.615. The van der Waals surface area contributed by atoms with E-state index in [4.69, 9.17) is 4.42 Å².